The van der Waals surface area contributed by atoms with Crippen molar-refractivity contribution in [2.45, 2.75) is 168 Å². The van der Waals surface area contributed by atoms with Crippen molar-refractivity contribution in [1.82, 2.24) is 0 Å². The number of esters is 1. The minimum absolute atomic E-state index is 0.0566. The predicted molar refractivity (Wildman–Crippen MR) is 147 cm³/mol. The first-order chi connectivity index (χ1) is 16.2. The van der Waals surface area contributed by atoms with Crippen LogP contribution in [-0.4, -0.2) is 13.1 Å². The molecule has 0 aliphatic carbocycles. The Hall–Kier alpha value is -0.790. The van der Waals surface area contributed by atoms with Crippen LogP contribution in [0.3, 0.4) is 0 Å². The van der Waals surface area contributed by atoms with Gasteiger partial charge in [0.05, 0.1) is 7.11 Å². The van der Waals surface area contributed by atoms with E-state index in [-0.39, 0.29) is 5.97 Å². The largest absolute Gasteiger partial charge is 0.469 e. The van der Waals surface area contributed by atoms with Crippen molar-refractivity contribution in [3.8, 4) is 0 Å². The molecule has 0 aromatic heterocycles. The molecule has 1 atom stereocenters. The molecule has 33 heavy (non-hydrogen) atoms. The fourth-order valence-corrected chi connectivity index (χ4v) is 4.77. The maximum Gasteiger partial charge on any atom is 0.305 e. The third-order valence-corrected chi connectivity index (χ3v) is 7.07. The highest BCUT2D eigenvalue weighted by Crippen LogP contribution is 2.23. The van der Waals surface area contributed by atoms with E-state index in [0.29, 0.717) is 6.42 Å². The van der Waals surface area contributed by atoms with Gasteiger partial charge in [-0.25, -0.2) is 0 Å². The summed E-state index contributed by atoms with van der Waals surface area (Å²) >= 11 is 0. The number of rotatable bonds is 26. The average Bonchev–Trinajstić information content (AvgIpc) is 2.83. The number of methoxy groups -OCH3 is 1. The molecule has 0 heterocycles. The van der Waals surface area contributed by atoms with Crippen molar-refractivity contribution < 1.29 is 9.53 Å². The van der Waals surface area contributed by atoms with Crippen molar-refractivity contribution in [3.63, 3.8) is 0 Å². The molecule has 0 saturated heterocycles. The molecule has 0 aliphatic rings. The van der Waals surface area contributed by atoms with Crippen LogP contribution in [0.25, 0.3) is 0 Å². The van der Waals surface area contributed by atoms with Crippen LogP contribution in [0.1, 0.15) is 168 Å². The van der Waals surface area contributed by atoms with E-state index in [1.165, 1.54) is 148 Å². The molecule has 0 aromatic carbocycles. The molecule has 0 rings (SSSR count). The first-order valence-electron chi connectivity index (χ1n) is 15.0. The van der Waals surface area contributed by atoms with Gasteiger partial charge in [0, 0.05) is 6.42 Å². The van der Waals surface area contributed by atoms with E-state index in [1.54, 1.807) is 0 Å². The van der Waals surface area contributed by atoms with Crippen LogP contribution in [0.4, 0.5) is 0 Å². The lowest BCUT2D eigenvalue weighted by Gasteiger charge is -2.16. The minimum Gasteiger partial charge on any atom is -0.469 e. The second-order valence-electron chi connectivity index (χ2n) is 10.3. The number of carbonyl (C=O) groups excluding carboxylic acids is 1. The first-order valence-corrected chi connectivity index (χ1v) is 15.0. The standard InChI is InChI=1S/C31H60O2/c1-4-6-8-10-12-14-16-18-20-22-26-30(28-24-25-29-31(32)33-3)27-23-21-19-17-15-13-11-9-7-5-2/h18,20,30H,4-17,19,21-29H2,1-3H3/b20-18-. The normalized spacial score (nSPS) is 12.5. The van der Waals surface area contributed by atoms with Crippen LogP contribution < -0.4 is 0 Å². The zero-order chi connectivity index (χ0) is 24.2. The van der Waals surface area contributed by atoms with Gasteiger partial charge < -0.3 is 4.74 Å². The van der Waals surface area contributed by atoms with Crippen LogP contribution in [0.2, 0.25) is 0 Å². The molecule has 0 spiro atoms. The summed E-state index contributed by atoms with van der Waals surface area (Å²) in [5.74, 6) is 0.772. The topological polar surface area (TPSA) is 26.3 Å². The predicted octanol–water partition coefficient (Wildman–Crippen LogP) is 10.7. The fraction of sp³-hybridized carbons (Fsp3) is 0.903. The summed E-state index contributed by atoms with van der Waals surface area (Å²) in [6.45, 7) is 4.57. The Morgan fingerprint density at radius 1 is 0.576 bits per heavy atom. The Morgan fingerprint density at radius 3 is 1.58 bits per heavy atom. The Bertz CT molecular complexity index is 415. The van der Waals surface area contributed by atoms with Gasteiger partial charge in [-0.15, -0.1) is 0 Å². The minimum atomic E-state index is -0.0566. The van der Waals surface area contributed by atoms with E-state index in [2.05, 4.69) is 26.0 Å². The summed E-state index contributed by atoms with van der Waals surface area (Å²) in [5, 5.41) is 0. The van der Waals surface area contributed by atoms with Gasteiger partial charge in [0.1, 0.15) is 0 Å². The number of unbranched alkanes of at least 4 members (excludes halogenated alkanes) is 16. The SMILES string of the molecule is CCCCCCCC/C=C\CCC(CCCCCCCCCCCC)CCCCC(=O)OC. The highest BCUT2D eigenvalue weighted by atomic mass is 16.5. The van der Waals surface area contributed by atoms with Crippen molar-refractivity contribution >= 4 is 5.97 Å². The summed E-state index contributed by atoms with van der Waals surface area (Å²) < 4.78 is 4.79. The molecule has 2 nitrogen and oxygen atoms in total. The highest BCUT2D eigenvalue weighted by molar-refractivity contribution is 5.68. The zero-order valence-corrected chi connectivity index (χ0v) is 23.0. The lowest BCUT2D eigenvalue weighted by Crippen LogP contribution is -2.03. The van der Waals surface area contributed by atoms with E-state index in [4.69, 9.17) is 4.74 Å². The molecule has 0 radical (unpaired) electrons. The molecule has 0 saturated carbocycles. The summed E-state index contributed by atoms with van der Waals surface area (Å²) in [7, 11) is 1.49. The average molecular weight is 465 g/mol. The van der Waals surface area contributed by atoms with Gasteiger partial charge in [0.25, 0.3) is 0 Å². The number of hydrogen-bond donors (Lipinski definition) is 0. The molecule has 1 unspecified atom stereocenters. The van der Waals surface area contributed by atoms with Crippen molar-refractivity contribution in [3.05, 3.63) is 12.2 Å². The van der Waals surface area contributed by atoms with Gasteiger partial charge >= 0.3 is 5.97 Å². The molecule has 0 aromatic rings. The maximum absolute atomic E-state index is 11.4. The summed E-state index contributed by atoms with van der Waals surface area (Å²) in [6, 6.07) is 0. The van der Waals surface area contributed by atoms with Gasteiger partial charge in [0.2, 0.25) is 0 Å². The molecule has 196 valence electrons. The molecule has 0 aliphatic heterocycles. The second-order valence-corrected chi connectivity index (χ2v) is 10.3. The van der Waals surface area contributed by atoms with Crippen molar-refractivity contribution in [2.75, 3.05) is 7.11 Å². The lowest BCUT2D eigenvalue weighted by atomic mass is 9.90. The van der Waals surface area contributed by atoms with Gasteiger partial charge in [-0.1, -0.05) is 142 Å². The van der Waals surface area contributed by atoms with Crippen LogP contribution in [0.5, 0.6) is 0 Å². The van der Waals surface area contributed by atoms with Crippen LogP contribution >= 0.6 is 0 Å². The van der Waals surface area contributed by atoms with E-state index in [0.717, 1.165) is 12.3 Å². The van der Waals surface area contributed by atoms with Crippen LogP contribution in [0.15, 0.2) is 12.2 Å². The Kier molecular flexibility index (Phi) is 26.8. The van der Waals surface area contributed by atoms with Crippen LogP contribution in [-0.2, 0) is 9.53 Å². The van der Waals surface area contributed by atoms with E-state index < -0.39 is 0 Å². The smallest absolute Gasteiger partial charge is 0.305 e. The highest BCUT2D eigenvalue weighted by Gasteiger charge is 2.09. The first kappa shape index (κ1) is 32.2. The molecule has 0 fully saturated rings. The molecule has 2 heteroatoms. The summed E-state index contributed by atoms with van der Waals surface area (Å²) in [4.78, 5) is 11.4. The molecule has 0 N–H and O–H groups in total. The number of carbonyl (C=O) groups is 1. The third kappa shape index (κ3) is 25.7. The zero-order valence-electron chi connectivity index (χ0n) is 23.0. The molecule has 0 amide bonds. The van der Waals surface area contributed by atoms with Gasteiger partial charge in [-0.3, -0.25) is 4.79 Å². The lowest BCUT2D eigenvalue weighted by molar-refractivity contribution is -0.140. The van der Waals surface area contributed by atoms with Gasteiger partial charge in [-0.05, 0) is 38.0 Å². The molecule has 0 bridgehead atoms. The van der Waals surface area contributed by atoms with Crippen LogP contribution in [0, 0.1) is 5.92 Å². The van der Waals surface area contributed by atoms with Gasteiger partial charge in [0.15, 0.2) is 0 Å². The summed E-state index contributed by atoms with van der Waals surface area (Å²) in [5.41, 5.74) is 0. The molecular formula is C31H60O2. The molecular weight excluding hydrogens is 404 g/mol. The Balaban J connectivity index is 3.93. The van der Waals surface area contributed by atoms with Crippen molar-refractivity contribution in [1.29, 1.82) is 0 Å². The monoisotopic (exact) mass is 464 g/mol. The number of allylic oxidation sites excluding steroid dienone is 2. The third-order valence-electron chi connectivity index (χ3n) is 7.07. The second kappa shape index (κ2) is 27.5. The van der Waals surface area contributed by atoms with E-state index in [9.17, 15) is 4.79 Å². The Labute approximate surface area is 208 Å². The van der Waals surface area contributed by atoms with Crippen molar-refractivity contribution in [2.24, 2.45) is 5.92 Å². The summed E-state index contributed by atoms with van der Waals surface area (Å²) in [6.07, 6.45) is 36.5. The quantitative estimate of drug-likeness (QED) is 0.0722. The van der Waals surface area contributed by atoms with Gasteiger partial charge in [-0.2, -0.15) is 0 Å². The fourth-order valence-electron chi connectivity index (χ4n) is 4.77. The Morgan fingerprint density at radius 2 is 1.03 bits per heavy atom. The van der Waals surface area contributed by atoms with E-state index in [1.807, 2.05) is 0 Å². The maximum atomic E-state index is 11.4. The van der Waals surface area contributed by atoms with E-state index >= 15 is 0 Å². The number of hydrogen-bond acceptors (Lipinski definition) is 2. The number of ether oxygens (including phenoxy) is 1.